The molecule has 1 aromatic rings. The Hall–Kier alpha value is -1.01. The molecular formula is C12H18N2O3S. The summed E-state index contributed by atoms with van der Waals surface area (Å²) in [7, 11) is -3.43. The van der Waals surface area contributed by atoms with Gasteiger partial charge in [0.1, 0.15) is 6.61 Å². The van der Waals surface area contributed by atoms with Crippen molar-refractivity contribution in [3.05, 3.63) is 23.8 Å². The van der Waals surface area contributed by atoms with Gasteiger partial charge in [-0.25, -0.2) is 9.97 Å². The zero-order valence-corrected chi connectivity index (χ0v) is 11.3. The Morgan fingerprint density at radius 2 is 1.83 bits per heavy atom. The van der Waals surface area contributed by atoms with E-state index in [9.17, 15) is 8.42 Å². The van der Waals surface area contributed by atoms with E-state index in [1.165, 1.54) is 32.1 Å². The van der Waals surface area contributed by atoms with E-state index in [2.05, 4.69) is 14.2 Å². The van der Waals surface area contributed by atoms with Gasteiger partial charge in [-0.2, -0.15) is 8.42 Å². The van der Waals surface area contributed by atoms with Crippen LogP contribution in [0.25, 0.3) is 0 Å². The predicted molar refractivity (Wildman–Crippen MR) is 67.5 cm³/mol. The van der Waals surface area contributed by atoms with Crippen LogP contribution in [0.5, 0.6) is 0 Å². The molecule has 0 saturated heterocycles. The highest BCUT2D eigenvalue weighted by Gasteiger charge is 2.16. The summed E-state index contributed by atoms with van der Waals surface area (Å²) in [6, 6.07) is 0. The molecule has 0 radical (unpaired) electrons. The molecule has 0 spiro atoms. The molecule has 6 heteroatoms. The van der Waals surface area contributed by atoms with E-state index in [-0.39, 0.29) is 6.61 Å². The van der Waals surface area contributed by atoms with Crippen LogP contribution in [0.15, 0.2) is 12.4 Å². The van der Waals surface area contributed by atoms with Crippen LogP contribution in [0.2, 0.25) is 0 Å². The van der Waals surface area contributed by atoms with Gasteiger partial charge in [0, 0.05) is 12.4 Å². The Morgan fingerprint density at radius 1 is 1.22 bits per heavy atom. The highest BCUT2D eigenvalue weighted by Crippen LogP contribution is 2.31. The quantitative estimate of drug-likeness (QED) is 0.783. The third-order valence-electron chi connectivity index (χ3n) is 3.20. The fourth-order valence-electron chi connectivity index (χ4n) is 2.25. The summed E-state index contributed by atoms with van der Waals surface area (Å²) in [5.41, 5.74) is 1.15. The molecule has 1 aromatic heterocycles. The molecule has 5 nitrogen and oxygen atoms in total. The van der Waals surface area contributed by atoms with Crippen molar-refractivity contribution in [3.8, 4) is 0 Å². The van der Waals surface area contributed by atoms with Crippen LogP contribution in [0.1, 0.15) is 49.4 Å². The van der Waals surface area contributed by atoms with Gasteiger partial charge < -0.3 is 0 Å². The Balaban J connectivity index is 1.96. The van der Waals surface area contributed by atoms with Crippen molar-refractivity contribution in [2.75, 3.05) is 6.26 Å². The van der Waals surface area contributed by atoms with E-state index < -0.39 is 10.1 Å². The van der Waals surface area contributed by atoms with E-state index in [1.54, 1.807) is 12.4 Å². The zero-order valence-electron chi connectivity index (χ0n) is 10.5. The van der Waals surface area contributed by atoms with Gasteiger partial charge in [0.15, 0.2) is 5.82 Å². The van der Waals surface area contributed by atoms with Crippen molar-refractivity contribution in [2.24, 2.45) is 0 Å². The maximum atomic E-state index is 10.8. The fraction of sp³-hybridized carbons (Fsp3) is 0.667. The summed E-state index contributed by atoms with van der Waals surface area (Å²) in [6.45, 7) is -0.0935. The average Bonchev–Trinajstić information content (AvgIpc) is 2.37. The van der Waals surface area contributed by atoms with Gasteiger partial charge >= 0.3 is 0 Å². The Morgan fingerprint density at radius 3 is 2.39 bits per heavy atom. The van der Waals surface area contributed by atoms with E-state index in [4.69, 9.17) is 0 Å². The normalized spacial score (nSPS) is 17.8. The third-order valence-corrected chi connectivity index (χ3v) is 3.75. The minimum Gasteiger partial charge on any atom is -0.262 e. The first kappa shape index (κ1) is 13.4. The Bertz CT molecular complexity index is 479. The standard InChI is InChI=1S/C12H18N2O3S/c1-18(15,16)17-9-12-13-7-11(8-14-12)10-5-3-2-4-6-10/h7-8,10H,2-6,9H2,1H3. The van der Waals surface area contributed by atoms with Gasteiger partial charge in [-0.05, 0) is 24.3 Å². The average molecular weight is 270 g/mol. The number of aromatic nitrogens is 2. The maximum absolute atomic E-state index is 10.8. The predicted octanol–water partition coefficient (Wildman–Crippen LogP) is 2.00. The van der Waals surface area contributed by atoms with Crippen molar-refractivity contribution in [3.63, 3.8) is 0 Å². The summed E-state index contributed by atoms with van der Waals surface area (Å²) in [6.07, 6.45) is 10.9. The van der Waals surface area contributed by atoms with Gasteiger partial charge in [0.25, 0.3) is 10.1 Å². The Labute approximate surface area is 108 Å². The van der Waals surface area contributed by atoms with E-state index >= 15 is 0 Å². The lowest BCUT2D eigenvalue weighted by Crippen LogP contribution is -2.08. The number of hydrogen-bond donors (Lipinski definition) is 0. The highest BCUT2D eigenvalue weighted by molar-refractivity contribution is 7.85. The second-order valence-corrected chi connectivity index (χ2v) is 6.38. The Kier molecular flexibility index (Phi) is 4.29. The largest absolute Gasteiger partial charge is 0.264 e. The molecule has 1 aliphatic carbocycles. The number of nitrogens with zero attached hydrogens (tertiary/aromatic N) is 2. The van der Waals surface area contributed by atoms with Crippen molar-refractivity contribution < 1.29 is 12.6 Å². The van der Waals surface area contributed by atoms with Crippen LogP contribution in [-0.4, -0.2) is 24.6 Å². The van der Waals surface area contributed by atoms with Crippen LogP contribution in [0, 0.1) is 0 Å². The smallest absolute Gasteiger partial charge is 0.262 e. The van der Waals surface area contributed by atoms with Crippen LogP contribution in [0.4, 0.5) is 0 Å². The summed E-state index contributed by atoms with van der Waals surface area (Å²) in [5.74, 6) is 0.962. The summed E-state index contributed by atoms with van der Waals surface area (Å²) >= 11 is 0. The summed E-state index contributed by atoms with van der Waals surface area (Å²) in [4.78, 5) is 8.31. The summed E-state index contributed by atoms with van der Waals surface area (Å²) in [5, 5.41) is 0. The molecule has 0 aliphatic heterocycles. The van der Waals surface area contributed by atoms with Crippen LogP contribution in [-0.2, 0) is 20.9 Å². The molecule has 0 aromatic carbocycles. The molecule has 1 fully saturated rings. The molecule has 1 saturated carbocycles. The number of hydrogen-bond acceptors (Lipinski definition) is 5. The van der Waals surface area contributed by atoms with Crippen molar-refractivity contribution in [2.45, 2.75) is 44.6 Å². The first-order valence-electron chi connectivity index (χ1n) is 6.20. The van der Waals surface area contributed by atoms with Crippen molar-refractivity contribution in [1.29, 1.82) is 0 Å². The molecule has 0 amide bonds. The first-order valence-corrected chi connectivity index (χ1v) is 8.01. The molecule has 0 atom stereocenters. The van der Waals surface area contributed by atoms with Crippen LogP contribution >= 0.6 is 0 Å². The molecule has 0 bridgehead atoms. The van der Waals surface area contributed by atoms with Gasteiger partial charge in [-0.1, -0.05) is 19.3 Å². The lowest BCUT2D eigenvalue weighted by molar-refractivity contribution is 0.301. The van der Waals surface area contributed by atoms with E-state index in [0.717, 1.165) is 11.8 Å². The first-order chi connectivity index (χ1) is 8.54. The SMILES string of the molecule is CS(=O)(=O)OCc1ncc(C2CCCCC2)cn1. The lowest BCUT2D eigenvalue weighted by atomic mass is 9.85. The molecule has 0 N–H and O–H groups in total. The topological polar surface area (TPSA) is 69.2 Å². The fourth-order valence-corrected chi connectivity index (χ4v) is 2.57. The van der Waals surface area contributed by atoms with Crippen molar-refractivity contribution >= 4 is 10.1 Å². The third kappa shape index (κ3) is 4.03. The monoisotopic (exact) mass is 270 g/mol. The molecule has 1 aliphatic rings. The maximum Gasteiger partial charge on any atom is 0.264 e. The van der Waals surface area contributed by atoms with Gasteiger partial charge in [-0.3, -0.25) is 4.18 Å². The van der Waals surface area contributed by atoms with E-state index in [1.807, 2.05) is 0 Å². The minimum atomic E-state index is -3.43. The molecule has 1 heterocycles. The second kappa shape index (κ2) is 5.75. The highest BCUT2D eigenvalue weighted by atomic mass is 32.2. The van der Waals surface area contributed by atoms with Crippen LogP contribution in [0.3, 0.4) is 0 Å². The summed E-state index contributed by atoms with van der Waals surface area (Å²) < 4.78 is 26.3. The number of rotatable bonds is 4. The van der Waals surface area contributed by atoms with Gasteiger partial charge in [-0.15, -0.1) is 0 Å². The van der Waals surface area contributed by atoms with E-state index in [0.29, 0.717) is 11.7 Å². The zero-order chi connectivity index (χ0) is 13.0. The van der Waals surface area contributed by atoms with Crippen LogP contribution < -0.4 is 0 Å². The van der Waals surface area contributed by atoms with Crippen molar-refractivity contribution in [1.82, 2.24) is 9.97 Å². The lowest BCUT2D eigenvalue weighted by Gasteiger charge is -2.21. The molecule has 100 valence electrons. The minimum absolute atomic E-state index is 0.0935. The molecule has 0 unspecified atom stereocenters. The second-order valence-electron chi connectivity index (χ2n) is 4.73. The molecule has 18 heavy (non-hydrogen) atoms. The molecular weight excluding hydrogens is 252 g/mol. The molecule has 2 rings (SSSR count). The van der Waals surface area contributed by atoms with Gasteiger partial charge in [0.2, 0.25) is 0 Å². The van der Waals surface area contributed by atoms with Gasteiger partial charge in [0.05, 0.1) is 6.26 Å².